The van der Waals surface area contributed by atoms with Crippen LogP contribution < -0.4 is 4.72 Å². The van der Waals surface area contributed by atoms with Crippen molar-refractivity contribution in [2.45, 2.75) is 115 Å². The standard InChI is InChI=1S/C34H47N2S2/c1-31(2,3)23-16-24(32(4,5)6)19-27(18-23)35-37-29-14-13-15-30(22-29)38-36-28-20-25(33(7,8)9)17-26(21-28)34(10,11)12/h13-22,35H,1-12H3/q+1. The molecule has 0 amide bonds. The molecule has 1 N–H and O–H groups in total. The molecule has 0 heterocycles. The maximum Gasteiger partial charge on any atom is 0.347 e. The van der Waals surface area contributed by atoms with Gasteiger partial charge in [-0.05, 0) is 90.4 Å². The first-order valence-electron chi connectivity index (χ1n) is 13.6. The van der Waals surface area contributed by atoms with Crippen LogP contribution >= 0.6 is 23.3 Å². The Bertz CT molecular complexity index is 1280. The molecule has 3 rings (SSSR count). The zero-order chi connectivity index (χ0) is 28.5. The Balaban J connectivity index is 1.87. The summed E-state index contributed by atoms with van der Waals surface area (Å²) in [4.78, 5) is 2.30. The molecule has 4 heteroatoms. The highest BCUT2D eigenvalue weighted by Gasteiger charge is 2.23. The van der Waals surface area contributed by atoms with Gasteiger partial charge in [-0.3, -0.25) is 0 Å². The minimum atomic E-state index is 0.0789. The molecule has 0 atom stereocenters. The second kappa shape index (κ2) is 11.1. The van der Waals surface area contributed by atoms with E-state index in [4.69, 9.17) is 4.19 Å². The third kappa shape index (κ3) is 8.37. The number of nitrogens with one attached hydrogen (secondary N) is 1. The molecule has 0 saturated carbocycles. The average molecular weight is 548 g/mol. The fourth-order valence-electron chi connectivity index (χ4n) is 3.90. The van der Waals surface area contributed by atoms with E-state index in [1.165, 1.54) is 27.1 Å². The third-order valence-corrected chi connectivity index (χ3v) is 8.26. The molecule has 0 unspecified atom stereocenters. The summed E-state index contributed by atoms with van der Waals surface area (Å²) in [5.41, 5.74) is 7.86. The smallest absolute Gasteiger partial charge is 0.326 e. The zero-order valence-corrected chi connectivity index (χ0v) is 27.2. The normalized spacial score (nSPS) is 12.7. The predicted molar refractivity (Wildman–Crippen MR) is 172 cm³/mol. The summed E-state index contributed by atoms with van der Waals surface area (Å²) in [6.45, 7) is 27.2. The van der Waals surface area contributed by atoms with E-state index in [0.29, 0.717) is 0 Å². The summed E-state index contributed by atoms with van der Waals surface area (Å²) in [7, 11) is 0. The van der Waals surface area contributed by atoms with E-state index < -0.39 is 0 Å². The van der Waals surface area contributed by atoms with Crippen molar-refractivity contribution in [3.8, 4) is 0 Å². The number of hydrogen-bond acceptors (Lipinski definition) is 2. The zero-order valence-electron chi connectivity index (χ0n) is 25.5. The van der Waals surface area contributed by atoms with Gasteiger partial charge in [-0.15, -0.1) is 0 Å². The fourth-order valence-corrected chi connectivity index (χ4v) is 5.30. The molecule has 0 aliphatic heterocycles. The lowest BCUT2D eigenvalue weighted by Crippen LogP contribution is -2.16. The summed E-state index contributed by atoms with van der Waals surface area (Å²) in [5.74, 6) is 0. The van der Waals surface area contributed by atoms with Crippen molar-refractivity contribution in [2.75, 3.05) is 4.72 Å². The van der Waals surface area contributed by atoms with Crippen LogP contribution in [-0.2, 0) is 21.7 Å². The predicted octanol–water partition coefficient (Wildman–Crippen LogP) is 11.7. The first-order chi connectivity index (χ1) is 17.3. The van der Waals surface area contributed by atoms with Crippen LogP contribution in [0.5, 0.6) is 0 Å². The molecular weight excluding hydrogens is 501 g/mol. The van der Waals surface area contributed by atoms with Crippen molar-refractivity contribution in [1.82, 2.24) is 0 Å². The lowest BCUT2D eigenvalue weighted by atomic mass is 9.80. The molecule has 38 heavy (non-hydrogen) atoms. The molecule has 3 aromatic carbocycles. The molecule has 0 bridgehead atoms. The van der Waals surface area contributed by atoms with Gasteiger partial charge in [0.25, 0.3) is 11.4 Å². The number of anilines is 1. The fraction of sp³-hybridized carbons (Fsp3) is 0.471. The second-order valence-corrected chi connectivity index (χ2v) is 16.1. The Labute approximate surface area is 240 Å². The number of nitrogens with zero attached hydrogens (tertiary/aromatic N) is 1. The molecule has 0 aliphatic carbocycles. The van der Waals surface area contributed by atoms with Crippen LogP contribution in [0, 0.1) is 0 Å². The van der Waals surface area contributed by atoms with Crippen molar-refractivity contribution in [3.05, 3.63) is 87.1 Å². The van der Waals surface area contributed by atoms with Gasteiger partial charge in [0.1, 0.15) is 4.90 Å². The van der Waals surface area contributed by atoms with Gasteiger partial charge in [0.05, 0.1) is 0 Å². The molecule has 0 spiro atoms. The van der Waals surface area contributed by atoms with Gasteiger partial charge in [-0.25, -0.2) is 0 Å². The van der Waals surface area contributed by atoms with Crippen molar-refractivity contribution in [2.24, 2.45) is 0 Å². The Hall–Kier alpha value is -2.26. The van der Waals surface area contributed by atoms with Crippen LogP contribution in [0.3, 0.4) is 0 Å². The monoisotopic (exact) mass is 547 g/mol. The maximum absolute atomic E-state index is 4.95. The SMILES string of the molecule is CC(C)(C)c1cc([N+]#Sc2cccc(SNc3cc(C(C)(C)C)cc(C(C)(C)C)c3)c2)cc(C(C)(C)C)c1. The molecule has 204 valence electrons. The maximum atomic E-state index is 4.95. The summed E-state index contributed by atoms with van der Waals surface area (Å²) in [6, 6.07) is 22.3. The first kappa shape index (κ1) is 30.3. The molecule has 0 saturated heterocycles. The minimum Gasteiger partial charge on any atom is -0.326 e. The van der Waals surface area contributed by atoms with Crippen molar-refractivity contribution in [1.29, 1.82) is 0 Å². The van der Waals surface area contributed by atoms with Gasteiger partial charge < -0.3 is 4.72 Å². The highest BCUT2D eigenvalue weighted by molar-refractivity contribution is 8.00. The van der Waals surface area contributed by atoms with Crippen LogP contribution in [0.1, 0.15) is 105 Å². The Morgan fingerprint density at radius 1 is 0.526 bits per heavy atom. The van der Waals surface area contributed by atoms with E-state index in [0.717, 1.165) is 16.3 Å². The summed E-state index contributed by atoms with van der Waals surface area (Å²) < 4.78 is 8.56. The van der Waals surface area contributed by atoms with Crippen LogP contribution in [0.2, 0.25) is 0 Å². The molecular formula is C34H47N2S2+. The van der Waals surface area contributed by atoms with Gasteiger partial charge in [0.15, 0.2) is 0 Å². The van der Waals surface area contributed by atoms with Gasteiger partial charge in [0, 0.05) is 22.7 Å². The van der Waals surface area contributed by atoms with E-state index >= 15 is 0 Å². The minimum absolute atomic E-state index is 0.0789. The Morgan fingerprint density at radius 3 is 1.39 bits per heavy atom. The summed E-state index contributed by atoms with van der Waals surface area (Å²) in [6.07, 6.45) is 0. The molecule has 0 radical (unpaired) electrons. The highest BCUT2D eigenvalue weighted by atomic mass is 32.2. The van der Waals surface area contributed by atoms with Crippen LogP contribution in [0.15, 0.2) is 70.5 Å². The van der Waals surface area contributed by atoms with Crippen LogP contribution in [0.4, 0.5) is 11.4 Å². The van der Waals surface area contributed by atoms with Crippen LogP contribution in [0.25, 0.3) is 4.19 Å². The molecule has 0 aromatic heterocycles. The quantitative estimate of drug-likeness (QED) is 0.328. The van der Waals surface area contributed by atoms with Crippen molar-refractivity contribution < 1.29 is 0 Å². The molecule has 3 aromatic rings. The Kier molecular flexibility index (Phi) is 8.83. The van der Waals surface area contributed by atoms with E-state index in [9.17, 15) is 0 Å². The third-order valence-electron chi connectivity index (χ3n) is 6.66. The average Bonchev–Trinajstić information content (AvgIpc) is 2.79. The summed E-state index contributed by atoms with van der Waals surface area (Å²) in [5, 5.41) is 0. The van der Waals surface area contributed by atoms with Gasteiger partial charge in [-0.2, -0.15) is 0 Å². The topological polar surface area (TPSA) is 16.4 Å². The first-order valence-corrected chi connectivity index (χ1v) is 15.1. The molecule has 0 fully saturated rings. The van der Waals surface area contributed by atoms with Crippen molar-refractivity contribution >= 4 is 34.7 Å². The lowest BCUT2D eigenvalue weighted by Gasteiger charge is -2.26. The number of rotatable bonds is 3. The van der Waals surface area contributed by atoms with Gasteiger partial charge in [-0.1, -0.05) is 101 Å². The number of hydrogen-bond donors (Lipinski definition) is 1. The lowest BCUT2D eigenvalue weighted by molar-refractivity contribution is 0.568. The van der Waals surface area contributed by atoms with E-state index in [1.54, 1.807) is 23.3 Å². The van der Waals surface area contributed by atoms with E-state index in [2.05, 4.69) is 148 Å². The molecule has 2 nitrogen and oxygen atoms in total. The van der Waals surface area contributed by atoms with Gasteiger partial charge in [0.2, 0.25) is 0 Å². The van der Waals surface area contributed by atoms with E-state index in [-0.39, 0.29) is 21.7 Å². The van der Waals surface area contributed by atoms with Gasteiger partial charge >= 0.3 is 5.69 Å². The molecule has 0 aliphatic rings. The largest absolute Gasteiger partial charge is 0.347 e. The van der Waals surface area contributed by atoms with Crippen LogP contribution in [-0.4, -0.2) is 0 Å². The number of benzene rings is 3. The second-order valence-electron chi connectivity index (χ2n) is 14.4. The van der Waals surface area contributed by atoms with Crippen molar-refractivity contribution in [3.63, 3.8) is 0 Å². The summed E-state index contributed by atoms with van der Waals surface area (Å²) >= 11 is 3.20. The highest BCUT2D eigenvalue weighted by Crippen LogP contribution is 2.35. The Morgan fingerprint density at radius 2 is 0.947 bits per heavy atom. The van der Waals surface area contributed by atoms with E-state index in [1.807, 2.05) is 0 Å².